The summed E-state index contributed by atoms with van der Waals surface area (Å²) in [5.41, 5.74) is 2.38. The minimum atomic E-state index is -0.647. The lowest BCUT2D eigenvalue weighted by molar-refractivity contribution is 0.199. The molecule has 1 aliphatic rings. The second kappa shape index (κ2) is 4.54. The lowest BCUT2D eigenvalue weighted by Gasteiger charge is -2.36. The van der Waals surface area contributed by atoms with E-state index in [9.17, 15) is 9.50 Å². The Balaban J connectivity index is 2.52. The smallest absolute Gasteiger partial charge is 0.126 e. The maximum atomic E-state index is 13.7. The van der Waals surface area contributed by atoms with Gasteiger partial charge in [0.05, 0.1) is 6.10 Å². The molecule has 2 nitrogen and oxygen atoms in total. The van der Waals surface area contributed by atoms with Gasteiger partial charge in [0.25, 0.3) is 0 Å². The van der Waals surface area contributed by atoms with Gasteiger partial charge in [-0.2, -0.15) is 0 Å². The van der Waals surface area contributed by atoms with E-state index in [4.69, 9.17) is 0 Å². The Bertz CT molecular complexity index is 454. The Hall–Kier alpha value is -1.09. The van der Waals surface area contributed by atoms with Crippen molar-refractivity contribution in [3.8, 4) is 0 Å². The predicted molar refractivity (Wildman–Crippen MR) is 72.4 cm³/mol. The molecule has 1 saturated heterocycles. The van der Waals surface area contributed by atoms with Gasteiger partial charge in [-0.3, -0.25) is 0 Å². The molecule has 2 rings (SSSR count). The first kappa shape index (κ1) is 13.3. The third-order valence-corrected chi connectivity index (χ3v) is 3.95. The van der Waals surface area contributed by atoms with Crippen LogP contribution < -0.4 is 4.90 Å². The van der Waals surface area contributed by atoms with Crippen molar-refractivity contribution < 1.29 is 9.50 Å². The first-order valence-electron chi connectivity index (χ1n) is 6.58. The molecule has 1 heterocycles. The van der Waals surface area contributed by atoms with Crippen LogP contribution >= 0.6 is 0 Å². The van der Waals surface area contributed by atoms with E-state index in [2.05, 4.69) is 18.7 Å². The fraction of sp³-hybridized carbons (Fsp3) is 0.600. The highest BCUT2D eigenvalue weighted by atomic mass is 19.1. The number of rotatable bonds is 2. The quantitative estimate of drug-likeness (QED) is 0.868. The second-order valence-corrected chi connectivity index (χ2v) is 5.90. The van der Waals surface area contributed by atoms with Crippen molar-refractivity contribution >= 4 is 5.69 Å². The van der Waals surface area contributed by atoms with E-state index >= 15 is 0 Å². The van der Waals surface area contributed by atoms with Crippen LogP contribution in [-0.2, 0) is 0 Å². The summed E-state index contributed by atoms with van der Waals surface area (Å²) in [7, 11) is 0. The summed E-state index contributed by atoms with van der Waals surface area (Å²) in [6.45, 7) is 8.83. The van der Waals surface area contributed by atoms with Gasteiger partial charge in [0.2, 0.25) is 0 Å². The molecule has 0 spiro atoms. The number of hydrogen-bond acceptors (Lipinski definition) is 2. The minimum Gasteiger partial charge on any atom is -0.389 e. The zero-order valence-electron chi connectivity index (χ0n) is 11.6. The van der Waals surface area contributed by atoms with E-state index in [0.717, 1.165) is 25.1 Å². The van der Waals surface area contributed by atoms with Crippen molar-refractivity contribution in [2.75, 3.05) is 11.4 Å². The minimum absolute atomic E-state index is 0.0773. The number of aryl methyl sites for hydroxylation is 1. The number of aliphatic hydroxyl groups excluding tert-OH is 1. The summed E-state index contributed by atoms with van der Waals surface area (Å²) in [5, 5.41) is 9.86. The Morgan fingerprint density at radius 1 is 1.39 bits per heavy atom. The van der Waals surface area contributed by atoms with Crippen LogP contribution in [-0.4, -0.2) is 17.2 Å². The van der Waals surface area contributed by atoms with E-state index in [0.29, 0.717) is 11.1 Å². The molecule has 0 amide bonds. The standard InChI is InChI=1S/C15H22FNO/c1-10-8-14(12(11(2)18)9-13(10)16)17-7-5-6-15(17,3)4/h8-9,11,18H,5-7H2,1-4H3/t11-/m1/s1. The second-order valence-electron chi connectivity index (χ2n) is 5.90. The van der Waals surface area contributed by atoms with Gasteiger partial charge in [0.15, 0.2) is 0 Å². The SMILES string of the molecule is Cc1cc(N2CCCC2(C)C)c([C@@H](C)O)cc1F. The molecule has 1 fully saturated rings. The summed E-state index contributed by atoms with van der Waals surface area (Å²) in [6.07, 6.45) is 1.62. The van der Waals surface area contributed by atoms with Crippen molar-refractivity contribution in [1.82, 2.24) is 0 Å². The molecule has 1 aromatic carbocycles. The zero-order valence-corrected chi connectivity index (χ0v) is 11.6. The fourth-order valence-electron chi connectivity index (χ4n) is 2.80. The summed E-state index contributed by atoms with van der Waals surface area (Å²) >= 11 is 0. The molecule has 0 aliphatic carbocycles. The highest BCUT2D eigenvalue weighted by Gasteiger charge is 2.33. The van der Waals surface area contributed by atoms with Gasteiger partial charge in [-0.05, 0) is 58.2 Å². The number of halogens is 1. The molecule has 1 atom stereocenters. The molecule has 18 heavy (non-hydrogen) atoms. The van der Waals surface area contributed by atoms with E-state index in [-0.39, 0.29) is 11.4 Å². The van der Waals surface area contributed by atoms with Gasteiger partial charge in [-0.15, -0.1) is 0 Å². The van der Waals surface area contributed by atoms with Crippen LogP contribution in [0.2, 0.25) is 0 Å². The van der Waals surface area contributed by atoms with Gasteiger partial charge >= 0.3 is 0 Å². The summed E-state index contributed by atoms with van der Waals surface area (Å²) in [6, 6.07) is 3.34. The van der Waals surface area contributed by atoms with Gasteiger partial charge in [-0.25, -0.2) is 4.39 Å². The van der Waals surface area contributed by atoms with Crippen LogP contribution in [0.1, 0.15) is 50.8 Å². The van der Waals surface area contributed by atoms with Crippen molar-refractivity contribution in [3.05, 3.63) is 29.1 Å². The molecule has 1 aromatic rings. The number of nitrogens with zero attached hydrogens (tertiary/aromatic N) is 1. The Kier molecular flexibility index (Phi) is 3.37. The van der Waals surface area contributed by atoms with Crippen LogP contribution in [0.3, 0.4) is 0 Å². The van der Waals surface area contributed by atoms with Gasteiger partial charge in [0.1, 0.15) is 5.82 Å². The predicted octanol–water partition coefficient (Wildman–Crippen LogP) is 3.57. The lowest BCUT2D eigenvalue weighted by Crippen LogP contribution is -2.39. The van der Waals surface area contributed by atoms with Crippen molar-refractivity contribution in [2.24, 2.45) is 0 Å². The Morgan fingerprint density at radius 3 is 2.56 bits per heavy atom. The van der Waals surface area contributed by atoms with Crippen LogP contribution in [0.25, 0.3) is 0 Å². The average molecular weight is 251 g/mol. The van der Waals surface area contributed by atoms with Crippen LogP contribution in [0.5, 0.6) is 0 Å². The molecule has 100 valence electrons. The van der Waals surface area contributed by atoms with Crippen LogP contribution in [0, 0.1) is 12.7 Å². The number of aliphatic hydroxyl groups is 1. The maximum absolute atomic E-state index is 13.7. The molecule has 0 unspecified atom stereocenters. The number of anilines is 1. The summed E-state index contributed by atoms with van der Waals surface area (Å²) < 4.78 is 13.7. The van der Waals surface area contributed by atoms with Gasteiger partial charge in [0, 0.05) is 23.3 Å². The molecule has 0 saturated carbocycles. The summed E-state index contributed by atoms with van der Waals surface area (Å²) in [5.74, 6) is -0.244. The molecule has 0 radical (unpaired) electrons. The summed E-state index contributed by atoms with van der Waals surface area (Å²) in [4.78, 5) is 2.29. The van der Waals surface area contributed by atoms with E-state index in [1.807, 2.05) is 6.07 Å². The number of hydrogen-bond donors (Lipinski definition) is 1. The topological polar surface area (TPSA) is 23.5 Å². The van der Waals surface area contributed by atoms with E-state index in [1.165, 1.54) is 6.07 Å². The molecule has 3 heteroatoms. The molecule has 1 N–H and O–H groups in total. The molecular formula is C15H22FNO. The van der Waals surface area contributed by atoms with Crippen molar-refractivity contribution in [2.45, 2.75) is 52.2 Å². The molecule has 0 bridgehead atoms. The Labute approximate surface area is 108 Å². The zero-order chi connectivity index (χ0) is 13.5. The maximum Gasteiger partial charge on any atom is 0.126 e. The highest BCUT2D eigenvalue weighted by molar-refractivity contribution is 5.59. The largest absolute Gasteiger partial charge is 0.389 e. The Morgan fingerprint density at radius 2 is 2.06 bits per heavy atom. The van der Waals surface area contributed by atoms with Crippen molar-refractivity contribution in [1.29, 1.82) is 0 Å². The normalized spacial score (nSPS) is 20.2. The first-order valence-corrected chi connectivity index (χ1v) is 6.58. The van der Waals surface area contributed by atoms with Crippen molar-refractivity contribution in [3.63, 3.8) is 0 Å². The molecule has 0 aromatic heterocycles. The monoisotopic (exact) mass is 251 g/mol. The highest BCUT2D eigenvalue weighted by Crippen LogP contribution is 2.38. The average Bonchev–Trinajstić information content (AvgIpc) is 2.61. The van der Waals surface area contributed by atoms with Gasteiger partial charge in [-0.1, -0.05) is 0 Å². The molecule has 1 aliphatic heterocycles. The number of benzene rings is 1. The van der Waals surface area contributed by atoms with E-state index < -0.39 is 6.10 Å². The lowest BCUT2D eigenvalue weighted by atomic mass is 9.98. The third-order valence-electron chi connectivity index (χ3n) is 3.95. The van der Waals surface area contributed by atoms with Crippen LogP contribution in [0.4, 0.5) is 10.1 Å². The fourth-order valence-corrected chi connectivity index (χ4v) is 2.80. The van der Waals surface area contributed by atoms with Gasteiger partial charge < -0.3 is 10.0 Å². The third kappa shape index (κ3) is 2.24. The van der Waals surface area contributed by atoms with Crippen LogP contribution in [0.15, 0.2) is 12.1 Å². The first-order chi connectivity index (χ1) is 8.33. The van der Waals surface area contributed by atoms with E-state index in [1.54, 1.807) is 13.8 Å². The molecular weight excluding hydrogens is 229 g/mol.